The average Bonchev–Trinajstić information content (AvgIpc) is 1.11. The van der Waals surface area contributed by atoms with Gasteiger partial charge in [-0.3, -0.25) is 43.2 Å². The molecular formula is C71H69ClF6N18O10. The maximum atomic E-state index is 14.3. The van der Waals surface area contributed by atoms with Crippen molar-refractivity contribution in [2.45, 2.75) is 154 Å². The van der Waals surface area contributed by atoms with E-state index in [-0.39, 0.29) is 81.0 Å². The van der Waals surface area contributed by atoms with Crippen molar-refractivity contribution in [1.82, 2.24) is 75.9 Å². The Hall–Kier alpha value is -11.4. The molecule has 0 radical (unpaired) electrons. The summed E-state index contributed by atoms with van der Waals surface area (Å²) >= 11 is 6.19. The van der Waals surface area contributed by atoms with Gasteiger partial charge in [-0.25, -0.2) is 26.3 Å². The first-order valence-corrected chi connectivity index (χ1v) is 34.2. The predicted octanol–water partition coefficient (Wildman–Crippen LogP) is 8.97. The number of carbonyl (C=O) groups excluding carboxylic acids is 9. The van der Waals surface area contributed by atoms with Crippen LogP contribution in [-0.2, 0) is 74.6 Å². The van der Waals surface area contributed by atoms with E-state index in [1.165, 1.54) is 57.6 Å². The number of nitrogens with one attached hydrogen (secondary N) is 9. The van der Waals surface area contributed by atoms with E-state index in [1.807, 2.05) is 17.6 Å². The van der Waals surface area contributed by atoms with E-state index >= 15 is 0 Å². The van der Waals surface area contributed by atoms with Gasteiger partial charge in [-0.1, -0.05) is 23.7 Å². The SMILES string of the molecule is Cc1cc(F)c(NC(=O)c2c(C)c(C(=O)C(=O)NC3(c4cn[nH]n4)CC3)c3n2CCC3)cc1F.Cc1ccc(NC(=O)c2c(C)c(C(=O)C(=O)NC3(c4cn[nH]n4)CC(F)(F)C3)c3n2CCC3)cc1C(F)F.Cc1ccc(NC(=O)c2c(C)c(C(=O)C(=O)NC3(c4cn[nH]n4)COC3)c3n2CCC3)cc1Cl. The molecule has 4 aliphatic heterocycles. The average molecular weight is 1480 g/mol. The van der Waals surface area contributed by atoms with Crippen LogP contribution in [0.2, 0.25) is 5.02 Å². The van der Waals surface area contributed by atoms with E-state index in [4.69, 9.17) is 16.3 Å². The lowest BCUT2D eigenvalue weighted by Crippen LogP contribution is -2.61. The summed E-state index contributed by atoms with van der Waals surface area (Å²) in [7, 11) is 0. The summed E-state index contributed by atoms with van der Waals surface area (Å²) in [5.74, 6) is -11.1. The molecule has 2 aliphatic carbocycles. The molecule has 35 heteroatoms. The number of aromatic amines is 3. The quantitative estimate of drug-likeness (QED) is 0.0207. The monoisotopic (exact) mass is 1480 g/mol. The Morgan fingerprint density at radius 3 is 1.31 bits per heavy atom. The van der Waals surface area contributed by atoms with Crippen LogP contribution in [0.25, 0.3) is 0 Å². The molecule has 2 saturated carbocycles. The Morgan fingerprint density at radius 2 is 0.915 bits per heavy atom. The molecule has 0 spiro atoms. The van der Waals surface area contributed by atoms with Crippen molar-refractivity contribution in [2.24, 2.45) is 0 Å². The van der Waals surface area contributed by atoms with Crippen LogP contribution in [0, 0.1) is 53.2 Å². The maximum Gasteiger partial charge on any atom is 0.293 e. The molecule has 9 aromatic rings. The molecular weight excluding hydrogens is 1410 g/mol. The van der Waals surface area contributed by atoms with Crippen molar-refractivity contribution in [3.63, 3.8) is 0 Å². The summed E-state index contributed by atoms with van der Waals surface area (Å²) in [5.41, 5.74) is 3.54. The molecule has 6 aromatic heterocycles. The van der Waals surface area contributed by atoms with Gasteiger partial charge in [-0.2, -0.15) is 46.2 Å². The second kappa shape index (κ2) is 28.2. The molecule has 9 N–H and O–H groups in total. The van der Waals surface area contributed by atoms with Gasteiger partial charge in [0.15, 0.2) is 0 Å². The second-order valence-corrected chi connectivity index (χ2v) is 27.7. The molecule has 106 heavy (non-hydrogen) atoms. The number of halogens is 7. The number of carbonyl (C=O) groups is 9. The molecule has 6 amide bonds. The predicted molar refractivity (Wildman–Crippen MR) is 366 cm³/mol. The van der Waals surface area contributed by atoms with Crippen LogP contribution in [0.15, 0.2) is 67.1 Å². The zero-order chi connectivity index (χ0) is 75.6. The first-order valence-electron chi connectivity index (χ1n) is 33.8. The number of anilines is 3. The highest BCUT2D eigenvalue weighted by atomic mass is 35.5. The summed E-state index contributed by atoms with van der Waals surface area (Å²) in [5, 5.41) is 46.8. The summed E-state index contributed by atoms with van der Waals surface area (Å²) in [4.78, 5) is 118. The maximum absolute atomic E-state index is 14.3. The summed E-state index contributed by atoms with van der Waals surface area (Å²) < 4.78 is 92.9. The van der Waals surface area contributed by atoms with Gasteiger partial charge in [-0.05, 0) is 157 Å². The van der Waals surface area contributed by atoms with Gasteiger partial charge in [0.2, 0.25) is 0 Å². The first kappa shape index (κ1) is 72.9. The van der Waals surface area contributed by atoms with Gasteiger partial charge in [0, 0.05) is 77.6 Å². The molecule has 3 fully saturated rings. The van der Waals surface area contributed by atoms with E-state index in [0.717, 1.165) is 24.1 Å². The van der Waals surface area contributed by atoms with E-state index in [0.29, 0.717) is 126 Å². The van der Waals surface area contributed by atoms with Crippen LogP contribution in [-0.4, -0.2) is 132 Å². The van der Waals surface area contributed by atoms with Crippen molar-refractivity contribution < 1.29 is 74.2 Å². The van der Waals surface area contributed by atoms with Gasteiger partial charge in [0.1, 0.15) is 51.3 Å². The number of amides is 6. The summed E-state index contributed by atoms with van der Waals surface area (Å²) in [6, 6.07) is 11.4. The third-order valence-electron chi connectivity index (χ3n) is 20.2. The van der Waals surface area contributed by atoms with E-state index in [2.05, 4.69) is 78.1 Å². The number of rotatable bonds is 19. The van der Waals surface area contributed by atoms with Crippen LogP contribution in [0.4, 0.5) is 43.4 Å². The smallest absolute Gasteiger partial charge is 0.293 e. The normalized spacial score (nSPS) is 16.3. The van der Waals surface area contributed by atoms with Crippen molar-refractivity contribution in [3.8, 4) is 0 Å². The fourth-order valence-electron chi connectivity index (χ4n) is 14.7. The Bertz CT molecular complexity index is 5090. The van der Waals surface area contributed by atoms with E-state index in [1.54, 1.807) is 35.1 Å². The highest BCUT2D eigenvalue weighted by molar-refractivity contribution is 6.45. The van der Waals surface area contributed by atoms with Gasteiger partial charge in [-0.15, -0.1) is 0 Å². The number of ketones is 3. The Balaban J connectivity index is 0.000000141. The minimum absolute atomic E-state index is 0.0312. The number of hydrogen-bond acceptors (Lipinski definition) is 16. The van der Waals surface area contributed by atoms with Crippen LogP contribution >= 0.6 is 11.6 Å². The van der Waals surface area contributed by atoms with Crippen molar-refractivity contribution in [1.29, 1.82) is 0 Å². The highest BCUT2D eigenvalue weighted by Crippen LogP contribution is 2.51. The number of fused-ring (bicyclic) bond motifs is 3. The van der Waals surface area contributed by atoms with Crippen LogP contribution in [0.3, 0.4) is 0 Å². The van der Waals surface area contributed by atoms with Crippen LogP contribution < -0.4 is 31.9 Å². The Morgan fingerprint density at radius 1 is 0.509 bits per heavy atom. The zero-order valence-electron chi connectivity index (χ0n) is 57.8. The number of benzene rings is 3. The second-order valence-electron chi connectivity index (χ2n) is 27.3. The molecule has 15 rings (SSSR count). The van der Waals surface area contributed by atoms with Gasteiger partial charge < -0.3 is 50.3 Å². The summed E-state index contributed by atoms with van der Waals surface area (Å²) in [6.45, 7) is 11.5. The van der Waals surface area contributed by atoms with Crippen molar-refractivity contribution in [3.05, 3.63) is 191 Å². The Labute approximate surface area is 603 Å². The number of Topliss-reactive ketones (excluding diaryl/α,β-unsaturated/α-hetero) is 3. The lowest BCUT2D eigenvalue weighted by Gasteiger charge is -2.46. The van der Waals surface area contributed by atoms with E-state index in [9.17, 15) is 69.5 Å². The summed E-state index contributed by atoms with van der Waals surface area (Å²) in [6.07, 6.45) is 4.95. The molecule has 1 saturated heterocycles. The third-order valence-corrected chi connectivity index (χ3v) is 20.6. The lowest BCUT2D eigenvalue weighted by atomic mass is 9.71. The molecule has 552 valence electrons. The molecule has 0 bridgehead atoms. The molecule has 3 aromatic carbocycles. The van der Waals surface area contributed by atoms with Crippen LogP contribution in [0.1, 0.15) is 187 Å². The van der Waals surface area contributed by atoms with Gasteiger partial charge in [0.05, 0.1) is 65.3 Å². The largest absolute Gasteiger partial charge is 0.376 e. The number of ether oxygens (including phenoxy) is 1. The molecule has 6 aliphatic rings. The third kappa shape index (κ3) is 13.5. The topological polar surface area (TPSA) is 375 Å². The Kier molecular flexibility index (Phi) is 19.4. The molecule has 28 nitrogen and oxygen atoms in total. The fourth-order valence-corrected chi connectivity index (χ4v) is 14.8. The first-order chi connectivity index (χ1) is 50.4. The number of hydrogen-bond donors (Lipinski definition) is 9. The van der Waals surface area contributed by atoms with Gasteiger partial charge in [0.25, 0.3) is 65.1 Å². The standard InChI is InChI=1S/C25H24F4N6O3.C23H23ClN6O4.C23H22F2N6O3/c1-12-5-6-14(8-15(12)21(26)27)31-22(37)19-13(2)18(16-4-3-7-35(16)19)20(36)23(38)32-24(10-25(28,29)11-24)17-9-30-34-33-17;1-12-5-6-14(8-15(12)24)26-21(32)19-13(2)18(16-4-3-7-30(16)19)20(31)22(33)27-23(10-34-11-23)17-9-25-29-28-17;1-11-8-14(25)15(9-13(11)24)27-21(33)19-12(2)18(16-4-3-7-31(16)19)20(32)22(34)28-23(5-6-23)17-10-26-30-29-17/h5-6,8-9,21H,3-4,7,10-11H2,1-2H3,(H,31,37)(H,32,38)(H,30,33,34);5-6,8-9H,3-4,7,10-11H2,1-2H3,(H,26,32)(H,27,33)(H,25,28,29);8-10H,3-7H2,1-2H3,(H,27,33)(H,28,34)(H,26,29,30). The zero-order valence-corrected chi connectivity index (χ0v) is 58.5. The number of H-pyrrole nitrogens is 3. The van der Waals surface area contributed by atoms with Crippen molar-refractivity contribution in [2.75, 3.05) is 29.2 Å². The number of nitrogens with zero attached hydrogens (tertiary/aromatic N) is 9. The number of aryl methyl sites for hydroxylation is 3. The minimum Gasteiger partial charge on any atom is -0.376 e. The lowest BCUT2D eigenvalue weighted by molar-refractivity contribution is -0.148. The highest BCUT2D eigenvalue weighted by Gasteiger charge is 2.60. The minimum atomic E-state index is -3.03. The van der Waals surface area contributed by atoms with Crippen LogP contribution in [0.5, 0.6) is 0 Å². The number of alkyl halides is 4. The van der Waals surface area contributed by atoms with Gasteiger partial charge >= 0.3 is 0 Å². The van der Waals surface area contributed by atoms with E-state index < -0.39 is 100 Å². The molecule has 0 unspecified atom stereocenters. The molecule has 0 atom stereocenters. The fraction of sp³-hybridized carbons (Fsp3) is 0.366. The molecule has 10 heterocycles. The number of aromatic nitrogens is 12. The van der Waals surface area contributed by atoms with Crippen molar-refractivity contribution >= 4 is 81.5 Å².